The highest BCUT2D eigenvalue weighted by Gasteiger charge is 2.21. The van der Waals surface area contributed by atoms with Gasteiger partial charge in [-0.1, -0.05) is 20.8 Å². The molecule has 1 amide bonds. The summed E-state index contributed by atoms with van der Waals surface area (Å²) < 4.78 is 5.43. The summed E-state index contributed by atoms with van der Waals surface area (Å²) in [5.74, 6) is 0.853. The first kappa shape index (κ1) is 12.8. The van der Waals surface area contributed by atoms with Crippen molar-refractivity contribution < 1.29 is 9.53 Å². The van der Waals surface area contributed by atoms with Crippen molar-refractivity contribution in [2.75, 3.05) is 32.1 Å². The van der Waals surface area contributed by atoms with Crippen LogP contribution in [0.5, 0.6) is 0 Å². The molecule has 1 rings (SSSR count). The Bertz CT molecular complexity index is 213. The maximum atomic E-state index is 11.8. The van der Waals surface area contributed by atoms with E-state index in [0.29, 0.717) is 19.0 Å². The molecule has 15 heavy (non-hydrogen) atoms. The lowest BCUT2D eigenvalue weighted by molar-refractivity contribution is -0.132. The van der Waals surface area contributed by atoms with Gasteiger partial charge in [0.25, 0.3) is 0 Å². The fourth-order valence-electron chi connectivity index (χ4n) is 1.26. The standard InChI is InChI=1S/C11H21NO2S/c1-4-11(2,3)15-9-10(13)12-5-7-14-8-6-12/h4-9H2,1-3H3. The van der Waals surface area contributed by atoms with Crippen LogP contribution < -0.4 is 0 Å². The lowest BCUT2D eigenvalue weighted by atomic mass is 10.1. The molecule has 1 saturated heterocycles. The van der Waals surface area contributed by atoms with E-state index in [1.54, 1.807) is 11.8 Å². The van der Waals surface area contributed by atoms with Gasteiger partial charge in [-0.2, -0.15) is 0 Å². The predicted molar refractivity (Wildman–Crippen MR) is 64.2 cm³/mol. The smallest absolute Gasteiger partial charge is 0.232 e. The van der Waals surface area contributed by atoms with E-state index in [4.69, 9.17) is 4.74 Å². The Morgan fingerprint density at radius 1 is 1.40 bits per heavy atom. The van der Waals surface area contributed by atoms with E-state index < -0.39 is 0 Å². The number of hydrogen-bond donors (Lipinski definition) is 0. The molecule has 0 aromatic rings. The molecule has 1 fully saturated rings. The van der Waals surface area contributed by atoms with E-state index in [2.05, 4.69) is 20.8 Å². The summed E-state index contributed by atoms with van der Waals surface area (Å²) in [6.45, 7) is 9.42. The molecule has 0 aromatic carbocycles. The molecule has 0 radical (unpaired) electrons. The van der Waals surface area contributed by atoms with Gasteiger partial charge in [-0.15, -0.1) is 11.8 Å². The van der Waals surface area contributed by atoms with E-state index in [9.17, 15) is 4.79 Å². The van der Waals surface area contributed by atoms with Crippen molar-refractivity contribution in [2.24, 2.45) is 0 Å². The molecule has 0 unspecified atom stereocenters. The highest BCUT2D eigenvalue weighted by Crippen LogP contribution is 2.27. The molecule has 1 aliphatic rings. The first-order valence-electron chi connectivity index (χ1n) is 5.54. The number of nitrogens with zero attached hydrogens (tertiary/aromatic N) is 1. The van der Waals surface area contributed by atoms with Gasteiger partial charge in [0.1, 0.15) is 0 Å². The van der Waals surface area contributed by atoms with Crippen molar-refractivity contribution in [3.8, 4) is 0 Å². The number of ether oxygens (including phenoxy) is 1. The lowest BCUT2D eigenvalue weighted by Crippen LogP contribution is -2.42. The minimum absolute atomic E-state index is 0.210. The summed E-state index contributed by atoms with van der Waals surface area (Å²) in [5, 5.41) is 0. The van der Waals surface area contributed by atoms with Crippen molar-refractivity contribution in [2.45, 2.75) is 31.9 Å². The van der Waals surface area contributed by atoms with Crippen LogP contribution in [0.1, 0.15) is 27.2 Å². The highest BCUT2D eigenvalue weighted by molar-refractivity contribution is 8.01. The van der Waals surface area contributed by atoms with Crippen molar-refractivity contribution in [3.63, 3.8) is 0 Å². The Labute approximate surface area is 96.5 Å². The molecule has 1 aliphatic heterocycles. The van der Waals surface area contributed by atoms with Gasteiger partial charge < -0.3 is 9.64 Å². The van der Waals surface area contributed by atoms with Crippen molar-refractivity contribution in [1.82, 2.24) is 4.90 Å². The fraction of sp³-hybridized carbons (Fsp3) is 0.909. The molecular formula is C11H21NO2S. The topological polar surface area (TPSA) is 29.5 Å². The van der Waals surface area contributed by atoms with Gasteiger partial charge in [0, 0.05) is 17.8 Å². The molecule has 0 aromatic heterocycles. The van der Waals surface area contributed by atoms with Crippen LogP contribution in [-0.2, 0) is 9.53 Å². The summed E-state index contributed by atoms with van der Waals surface area (Å²) in [6, 6.07) is 0. The molecule has 3 nitrogen and oxygen atoms in total. The molecule has 0 bridgehead atoms. The third kappa shape index (κ3) is 4.43. The molecule has 0 spiro atoms. The number of rotatable bonds is 4. The first-order chi connectivity index (χ1) is 7.05. The highest BCUT2D eigenvalue weighted by atomic mass is 32.2. The maximum absolute atomic E-state index is 11.8. The maximum Gasteiger partial charge on any atom is 0.232 e. The molecule has 0 N–H and O–H groups in total. The first-order valence-corrected chi connectivity index (χ1v) is 6.53. The van der Waals surface area contributed by atoms with Crippen LogP contribution in [0.3, 0.4) is 0 Å². The zero-order chi connectivity index (χ0) is 11.3. The number of morpholine rings is 1. The summed E-state index contributed by atoms with van der Waals surface area (Å²) in [6.07, 6.45) is 1.09. The zero-order valence-electron chi connectivity index (χ0n) is 9.91. The summed E-state index contributed by atoms with van der Waals surface area (Å²) in [5.41, 5.74) is 0. The third-order valence-corrected chi connectivity index (χ3v) is 4.26. The van der Waals surface area contributed by atoms with Gasteiger partial charge in [-0.25, -0.2) is 0 Å². The van der Waals surface area contributed by atoms with Crippen LogP contribution in [0.4, 0.5) is 0 Å². The molecule has 1 heterocycles. The van der Waals surface area contributed by atoms with Crippen LogP contribution in [0.2, 0.25) is 0 Å². The number of hydrogen-bond acceptors (Lipinski definition) is 3. The Balaban J connectivity index is 2.28. The van der Waals surface area contributed by atoms with E-state index in [1.807, 2.05) is 4.90 Å². The SMILES string of the molecule is CCC(C)(C)SCC(=O)N1CCOCC1. The van der Waals surface area contributed by atoms with Gasteiger partial charge >= 0.3 is 0 Å². The fourth-order valence-corrected chi connectivity index (χ4v) is 2.16. The molecule has 4 heteroatoms. The van der Waals surface area contributed by atoms with E-state index in [1.165, 1.54) is 0 Å². The Morgan fingerprint density at radius 3 is 2.53 bits per heavy atom. The molecule has 0 saturated carbocycles. The molecule has 0 atom stereocenters. The molecule has 0 aliphatic carbocycles. The normalized spacial score (nSPS) is 17.9. The van der Waals surface area contributed by atoms with Crippen LogP contribution in [-0.4, -0.2) is 47.6 Å². The minimum Gasteiger partial charge on any atom is -0.378 e. The summed E-state index contributed by atoms with van der Waals surface area (Å²) >= 11 is 1.75. The number of amides is 1. The van der Waals surface area contributed by atoms with Crippen LogP contribution >= 0.6 is 11.8 Å². The molecular weight excluding hydrogens is 210 g/mol. The average Bonchev–Trinajstić information content (AvgIpc) is 2.27. The summed E-state index contributed by atoms with van der Waals surface area (Å²) in [7, 11) is 0. The van der Waals surface area contributed by atoms with Gasteiger partial charge in [0.2, 0.25) is 5.91 Å². The predicted octanol–water partition coefficient (Wildman–Crippen LogP) is 1.77. The van der Waals surface area contributed by atoms with E-state index in [-0.39, 0.29) is 10.7 Å². The van der Waals surface area contributed by atoms with Crippen molar-refractivity contribution in [3.05, 3.63) is 0 Å². The van der Waals surface area contributed by atoms with Gasteiger partial charge in [0.15, 0.2) is 0 Å². The Kier molecular flexibility index (Phi) is 4.93. The Hall–Kier alpha value is -0.220. The van der Waals surface area contributed by atoms with E-state index >= 15 is 0 Å². The van der Waals surface area contributed by atoms with Crippen LogP contribution in [0, 0.1) is 0 Å². The van der Waals surface area contributed by atoms with Crippen molar-refractivity contribution in [1.29, 1.82) is 0 Å². The van der Waals surface area contributed by atoms with Gasteiger partial charge in [0.05, 0.1) is 19.0 Å². The molecule has 88 valence electrons. The largest absolute Gasteiger partial charge is 0.378 e. The second-order valence-electron chi connectivity index (χ2n) is 4.40. The Morgan fingerprint density at radius 2 is 2.00 bits per heavy atom. The summed E-state index contributed by atoms with van der Waals surface area (Å²) in [4.78, 5) is 13.7. The van der Waals surface area contributed by atoms with Gasteiger partial charge in [-0.3, -0.25) is 4.79 Å². The third-order valence-electron chi connectivity index (χ3n) is 2.80. The van der Waals surface area contributed by atoms with Crippen molar-refractivity contribution >= 4 is 17.7 Å². The second kappa shape index (κ2) is 5.75. The lowest BCUT2D eigenvalue weighted by Gasteiger charge is -2.28. The number of carbonyl (C=O) groups excluding carboxylic acids is 1. The van der Waals surface area contributed by atoms with Gasteiger partial charge in [-0.05, 0) is 6.42 Å². The quantitative estimate of drug-likeness (QED) is 0.738. The second-order valence-corrected chi connectivity index (χ2v) is 6.08. The van der Waals surface area contributed by atoms with E-state index in [0.717, 1.165) is 19.5 Å². The number of thioether (sulfide) groups is 1. The monoisotopic (exact) mass is 231 g/mol. The van der Waals surface area contributed by atoms with Crippen LogP contribution in [0.15, 0.2) is 0 Å². The zero-order valence-corrected chi connectivity index (χ0v) is 10.7. The number of carbonyl (C=O) groups is 1. The van der Waals surface area contributed by atoms with Crippen LogP contribution in [0.25, 0.3) is 0 Å². The average molecular weight is 231 g/mol. The minimum atomic E-state index is 0.210.